The molecule has 3 aliphatic rings. The highest BCUT2D eigenvalue weighted by molar-refractivity contribution is 9.10. The number of carbonyl (C=O) groups is 2. The minimum absolute atomic E-state index is 0.283. The summed E-state index contributed by atoms with van der Waals surface area (Å²) in [5, 5.41) is 36.2. The van der Waals surface area contributed by atoms with Crippen molar-refractivity contribution in [1.82, 2.24) is 5.32 Å². The average Bonchev–Trinajstić information content (AvgIpc) is 2.63. The fourth-order valence-electron chi connectivity index (χ4n) is 4.70. The molecule has 0 saturated carbocycles. The topological polar surface area (TPSA) is 107 Å². The third-order valence-electron chi connectivity index (χ3n) is 5.68. The van der Waals surface area contributed by atoms with Crippen LogP contribution in [-0.2, 0) is 20.8 Å². The summed E-state index contributed by atoms with van der Waals surface area (Å²) >= 11 is 3.35. The van der Waals surface area contributed by atoms with E-state index in [0.717, 1.165) is 0 Å². The van der Waals surface area contributed by atoms with Gasteiger partial charge in [-0.25, -0.2) is 0 Å². The van der Waals surface area contributed by atoms with Crippen molar-refractivity contribution < 1.29 is 24.9 Å². The second kappa shape index (κ2) is 5.89. The number of hydrogen-bond donors (Lipinski definition) is 4. The zero-order valence-electron chi connectivity index (χ0n) is 14.4. The quantitative estimate of drug-likeness (QED) is 0.591. The predicted molar refractivity (Wildman–Crippen MR) is 99.9 cm³/mol. The Labute approximate surface area is 164 Å². The molecular formula is C20H18BrNO5. The summed E-state index contributed by atoms with van der Waals surface area (Å²) in [6.45, 7) is 2.00. The summed E-state index contributed by atoms with van der Waals surface area (Å²) in [4.78, 5) is 25.1. The van der Waals surface area contributed by atoms with Crippen LogP contribution < -0.4 is 5.32 Å². The molecule has 2 aromatic carbocycles. The zero-order valence-corrected chi connectivity index (χ0v) is 16.0. The van der Waals surface area contributed by atoms with Crippen molar-refractivity contribution >= 4 is 27.8 Å². The molecule has 4 unspecified atom stereocenters. The fourth-order valence-corrected chi connectivity index (χ4v) is 5.06. The fraction of sp³-hybridized carbons (Fsp3) is 0.300. The molecule has 0 spiro atoms. The predicted octanol–water partition coefficient (Wildman–Crippen LogP) is 1.70. The molecule has 0 aliphatic heterocycles. The van der Waals surface area contributed by atoms with E-state index in [1.54, 1.807) is 49.4 Å². The molecule has 5 rings (SSSR count). The largest absolute Gasteiger partial charge is 0.481 e. The second-order valence-electron chi connectivity index (χ2n) is 6.96. The third kappa shape index (κ3) is 2.13. The number of rotatable bonds is 3. The Bertz CT molecular complexity index is 977. The number of hydrogen-bond acceptors (Lipinski definition) is 4. The van der Waals surface area contributed by atoms with E-state index in [-0.39, 0.29) is 6.54 Å². The number of aliphatic carboxylic acids is 1. The number of carbonyl (C=O) groups excluding carboxylic acids is 1. The monoisotopic (exact) mass is 431 g/mol. The maximum Gasteiger partial charge on any atom is 0.311 e. The lowest BCUT2D eigenvalue weighted by atomic mass is 9.49. The van der Waals surface area contributed by atoms with Gasteiger partial charge < -0.3 is 20.6 Å². The first kappa shape index (κ1) is 18.2. The van der Waals surface area contributed by atoms with Crippen molar-refractivity contribution in [3.8, 4) is 0 Å². The lowest BCUT2D eigenvalue weighted by molar-refractivity contribution is -0.179. The van der Waals surface area contributed by atoms with Gasteiger partial charge in [0.1, 0.15) is 17.1 Å². The lowest BCUT2D eigenvalue weighted by Gasteiger charge is -2.57. The summed E-state index contributed by atoms with van der Waals surface area (Å²) in [5.41, 5.74) is -2.49. The van der Waals surface area contributed by atoms with Crippen LogP contribution in [0, 0.1) is 11.8 Å². The van der Waals surface area contributed by atoms with Crippen LogP contribution >= 0.6 is 15.9 Å². The van der Waals surface area contributed by atoms with Crippen LogP contribution in [0.4, 0.5) is 0 Å². The second-order valence-corrected chi connectivity index (χ2v) is 7.87. The van der Waals surface area contributed by atoms with Gasteiger partial charge in [0, 0.05) is 11.0 Å². The molecule has 7 heteroatoms. The Morgan fingerprint density at radius 3 is 2.11 bits per heavy atom. The SMILES string of the molecule is CCNC(=O)C1C(C(=O)O)C2(O)c3ccccc3C1(O)c1ccc(Br)cc12. The highest BCUT2D eigenvalue weighted by Gasteiger charge is 2.69. The number of carboxylic acid groups (broad SMARTS) is 1. The number of nitrogens with one attached hydrogen (secondary N) is 1. The number of aliphatic hydroxyl groups is 2. The Kier molecular flexibility index (Phi) is 3.96. The number of fused-ring (bicyclic) bond motifs is 1. The Morgan fingerprint density at radius 2 is 1.56 bits per heavy atom. The molecule has 0 heterocycles. The van der Waals surface area contributed by atoms with Crippen LogP contribution in [0.2, 0.25) is 0 Å². The first-order valence-electron chi connectivity index (χ1n) is 8.63. The maximum absolute atomic E-state index is 12.9. The van der Waals surface area contributed by atoms with E-state index in [4.69, 9.17) is 0 Å². The zero-order chi connectivity index (χ0) is 19.6. The smallest absolute Gasteiger partial charge is 0.311 e. The van der Waals surface area contributed by atoms with E-state index in [0.29, 0.717) is 26.7 Å². The molecule has 0 radical (unpaired) electrons. The van der Waals surface area contributed by atoms with Crippen LogP contribution in [0.5, 0.6) is 0 Å². The highest BCUT2D eigenvalue weighted by Crippen LogP contribution is 2.62. The van der Waals surface area contributed by atoms with E-state index < -0.39 is 34.9 Å². The third-order valence-corrected chi connectivity index (χ3v) is 6.18. The van der Waals surface area contributed by atoms with Crippen molar-refractivity contribution in [1.29, 1.82) is 0 Å². The molecule has 4 atom stereocenters. The Hall–Kier alpha value is -2.22. The molecular weight excluding hydrogens is 414 g/mol. The van der Waals surface area contributed by atoms with Gasteiger partial charge in [0.05, 0.1) is 5.92 Å². The normalized spacial score (nSPS) is 30.4. The van der Waals surface area contributed by atoms with Gasteiger partial charge in [0.25, 0.3) is 0 Å². The van der Waals surface area contributed by atoms with Crippen LogP contribution in [0.3, 0.4) is 0 Å². The van der Waals surface area contributed by atoms with Gasteiger partial charge in [-0.1, -0.05) is 46.3 Å². The van der Waals surface area contributed by atoms with Crippen molar-refractivity contribution in [3.63, 3.8) is 0 Å². The minimum atomic E-state index is -1.94. The summed E-state index contributed by atoms with van der Waals surface area (Å²) < 4.78 is 0.641. The van der Waals surface area contributed by atoms with Crippen LogP contribution in [0.15, 0.2) is 46.9 Å². The molecule has 1 amide bonds. The van der Waals surface area contributed by atoms with Gasteiger partial charge >= 0.3 is 5.97 Å². The molecule has 6 nitrogen and oxygen atoms in total. The molecule has 4 N–H and O–H groups in total. The highest BCUT2D eigenvalue weighted by atomic mass is 79.9. The summed E-state index contributed by atoms with van der Waals surface area (Å²) in [7, 11) is 0. The summed E-state index contributed by atoms with van der Waals surface area (Å²) in [6.07, 6.45) is 0. The van der Waals surface area contributed by atoms with Gasteiger partial charge in [-0.3, -0.25) is 9.59 Å². The molecule has 27 heavy (non-hydrogen) atoms. The number of carboxylic acids is 1. The van der Waals surface area contributed by atoms with Gasteiger partial charge in [-0.15, -0.1) is 0 Å². The molecule has 0 aromatic heterocycles. The van der Waals surface area contributed by atoms with Crippen molar-refractivity contribution in [2.75, 3.05) is 6.54 Å². The Balaban J connectivity index is 2.14. The minimum Gasteiger partial charge on any atom is -0.481 e. The molecule has 2 aromatic rings. The van der Waals surface area contributed by atoms with Gasteiger partial charge in [0.15, 0.2) is 0 Å². The summed E-state index contributed by atoms with van der Waals surface area (Å²) in [5.74, 6) is -4.85. The van der Waals surface area contributed by atoms with E-state index in [1.165, 1.54) is 0 Å². The standard InChI is InChI=1S/C20H18BrNO5/c1-2-22-17(23)15-16(18(24)25)20(27)12-6-4-3-5-11(12)19(15,26)13-8-7-10(21)9-14(13)20/h3-9,15-16,26-27H,2H2,1H3,(H,22,23)(H,24,25). The average molecular weight is 432 g/mol. The number of amides is 1. The first-order chi connectivity index (χ1) is 12.8. The molecule has 140 valence electrons. The van der Waals surface area contributed by atoms with Crippen LogP contribution in [-0.4, -0.2) is 33.7 Å². The molecule has 0 fully saturated rings. The van der Waals surface area contributed by atoms with Crippen LogP contribution in [0.1, 0.15) is 29.2 Å². The van der Waals surface area contributed by atoms with Gasteiger partial charge in [-0.05, 0) is 41.3 Å². The maximum atomic E-state index is 12.9. The van der Waals surface area contributed by atoms with Crippen molar-refractivity contribution in [3.05, 3.63) is 69.2 Å². The van der Waals surface area contributed by atoms with Crippen LogP contribution in [0.25, 0.3) is 0 Å². The van der Waals surface area contributed by atoms with Gasteiger partial charge in [0.2, 0.25) is 5.91 Å². The van der Waals surface area contributed by atoms with E-state index in [1.807, 2.05) is 0 Å². The molecule has 3 aliphatic carbocycles. The molecule has 2 bridgehead atoms. The van der Waals surface area contributed by atoms with E-state index in [9.17, 15) is 24.9 Å². The van der Waals surface area contributed by atoms with E-state index in [2.05, 4.69) is 21.2 Å². The first-order valence-corrected chi connectivity index (χ1v) is 9.43. The Morgan fingerprint density at radius 1 is 1.00 bits per heavy atom. The van der Waals surface area contributed by atoms with Gasteiger partial charge in [-0.2, -0.15) is 0 Å². The van der Waals surface area contributed by atoms with Crippen molar-refractivity contribution in [2.24, 2.45) is 11.8 Å². The van der Waals surface area contributed by atoms with Crippen molar-refractivity contribution in [2.45, 2.75) is 18.1 Å². The number of halogens is 1. The summed E-state index contributed by atoms with van der Waals surface area (Å²) in [6, 6.07) is 11.6. The van der Waals surface area contributed by atoms with E-state index >= 15 is 0 Å². The molecule has 0 saturated heterocycles. The lowest BCUT2D eigenvalue weighted by Crippen LogP contribution is -2.65. The number of benzene rings is 2.